The molecule has 5 nitrogen and oxygen atoms in total. The second kappa shape index (κ2) is 5.63. The molecule has 1 aromatic rings. The Morgan fingerprint density at radius 2 is 2.21 bits per heavy atom. The van der Waals surface area contributed by atoms with Crippen molar-refractivity contribution in [2.45, 2.75) is 25.8 Å². The number of nitrogens with zero attached hydrogens (tertiary/aromatic N) is 2. The Labute approximate surface area is 111 Å². The van der Waals surface area contributed by atoms with E-state index >= 15 is 0 Å². The monoisotopic (exact) mass is 257 g/mol. The van der Waals surface area contributed by atoms with E-state index in [0.717, 1.165) is 16.8 Å². The fourth-order valence-corrected chi connectivity index (χ4v) is 2.23. The highest BCUT2D eigenvalue weighted by atomic mass is 16.2. The quantitative estimate of drug-likeness (QED) is 0.868. The first-order valence-electron chi connectivity index (χ1n) is 6.16. The lowest BCUT2D eigenvalue weighted by Crippen LogP contribution is -2.39. The van der Waals surface area contributed by atoms with Crippen LogP contribution in [0.1, 0.15) is 24.0 Å². The van der Waals surface area contributed by atoms with Crippen molar-refractivity contribution < 1.29 is 9.59 Å². The summed E-state index contributed by atoms with van der Waals surface area (Å²) in [7, 11) is 0. The van der Waals surface area contributed by atoms with Gasteiger partial charge in [0.25, 0.3) is 0 Å². The molecule has 2 rings (SSSR count). The maximum Gasteiger partial charge on any atom is 0.227 e. The molecule has 98 valence electrons. The molecule has 1 aliphatic rings. The Morgan fingerprint density at radius 3 is 2.89 bits per heavy atom. The van der Waals surface area contributed by atoms with E-state index in [2.05, 4.69) is 0 Å². The summed E-state index contributed by atoms with van der Waals surface area (Å²) in [6.07, 6.45) is 0.895. The molecule has 1 amide bonds. The first kappa shape index (κ1) is 13.2. The molecule has 0 saturated carbocycles. The molecule has 1 heterocycles. The number of aryl methyl sites for hydroxylation is 1. The molecule has 5 heteroatoms. The summed E-state index contributed by atoms with van der Waals surface area (Å²) in [5.74, 6) is -0.314. The minimum Gasteiger partial charge on any atom is -0.326 e. The predicted octanol–water partition coefficient (Wildman–Crippen LogP) is 0.907. The minimum atomic E-state index is -0.244. The largest absolute Gasteiger partial charge is 0.326 e. The van der Waals surface area contributed by atoms with Crippen LogP contribution in [0.25, 0.3) is 0 Å². The topological polar surface area (TPSA) is 87.2 Å². The first-order chi connectivity index (χ1) is 9.15. The molecular weight excluding hydrogens is 242 g/mol. The summed E-state index contributed by atoms with van der Waals surface area (Å²) in [4.78, 5) is 24.9. The summed E-state index contributed by atoms with van der Waals surface area (Å²) in [5, 5.41) is 8.51. The number of carbonyl (C=O) groups is 2. The van der Waals surface area contributed by atoms with Crippen LogP contribution >= 0.6 is 0 Å². The highest BCUT2D eigenvalue weighted by Gasteiger charge is 2.25. The highest BCUT2D eigenvalue weighted by molar-refractivity contribution is 6.01. The van der Waals surface area contributed by atoms with Crippen molar-refractivity contribution in [1.82, 2.24) is 0 Å². The van der Waals surface area contributed by atoms with Gasteiger partial charge in [-0.1, -0.05) is 12.1 Å². The number of nitrogens with two attached hydrogens (primary N) is 1. The SMILES string of the molecule is N#CCC(=O)CN1C(=O)CCc2cc(CN)ccc21. The minimum absolute atomic E-state index is 0.0264. The van der Waals surface area contributed by atoms with Gasteiger partial charge in [0, 0.05) is 18.7 Å². The lowest BCUT2D eigenvalue weighted by molar-refractivity contribution is -0.122. The van der Waals surface area contributed by atoms with Crippen LogP contribution in [0.15, 0.2) is 18.2 Å². The molecule has 0 atom stereocenters. The Kier molecular flexibility index (Phi) is 3.93. The number of amides is 1. The number of anilines is 1. The number of carbonyl (C=O) groups excluding carboxylic acids is 2. The predicted molar refractivity (Wildman–Crippen MR) is 70.2 cm³/mol. The molecule has 0 spiro atoms. The molecule has 0 saturated heterocycles. The zero-order valence-electron chi connectivity index (χ0n) is 10.6. The van der Waals surface area contributed by atoms with Crippen LogP contribution in [0.2, 0.25) is 0 Å². The van der Waals surface area contributed by atoms with Gasteiger partial charge >= 0.3 is 0 Å². The van der Waals surface area contributed by atoms with Gasteiger partial charge in [-0.2, -0.15) is 5.26 Å². The van der Waals surface area contributed by atoms with Crippen LogP contribution in [0.4, 0.5) is 5.69 Å². The number of nitriles is 1. The van der Waals surface area contributed by atoms with Gasteiger partial charge in [-0.3, -0.25) is 9.59 Å². The van der Waals surface area contributed by atoms with Crippen LogP contribution in [-0.4, -0.2) is 18.2 Å². The maximum absolute atomic E-state index is 11.9. The van der Waals surface area contributed by atoms with E-state index in [9.17, 15) is 9.59 Å². The first-order valence-corrected chi connectivity index (χ1v) is 6.16. The number of Topliss-reactive ketones (excluding diaryl/α,β-unsaturated/α-hetero) is 1. The van der Waals surface area contributed by atoms with Crippen LogP contribution in [-0.2, 0) is 22.6 Å². The summed E-state index contributed by atoms with van der Waals surface area (Å²) in [5.41, 5.74) is 8.40. The third-order valence-electron chi connectivity index (χ3n) is 3.19. The maximum atomic E-state index is 11.9. The summed E-state index contributed by atoms with van der Waals surface area (Å²) in [6, 6.07) is 7.47. The van der Waals surface area contributed by atoms with Crippen molar-refractivity contribution >= 4 is 17.4 Å². The molecule has 1 aliphatic heterocycles. The van der Waals surface area contributed by atoms with Crippen molar-refractivity contribution in [2.24, 2.45) is 5.73 Å². The lowest BCUT2D eigenvalue weighted by atomic mass is 9.98. The van der Waals surface area contributed by atoms with Gasteiger partial charge in [-0.15, -0.1) is 0 Å². The smallest absolute Gasteiger partial charge is 0.227 e. The normalized spacial score (nSPS) is 13.9. The molecule has 1 aromatic carbocycles. The summed E-state index contributed by atoms with van der Waals surface area (Å²) >= 11 is 0. The third kappa shape index (κ3) is 2.80. The summed E-state index contributed by atoms with van der Waals surface area (Å²) in [6.45, 7) is 0.427. The van der Waals surface area contributed by atoms with Gasteiger partial charge in [0.05, 0.1) is 19.0 Å². The van der Waals surface area contributed by atoms with Crippen LogP contribution < -0.4 is 10.6 Å². The number of fused-ring (bicyclic) bond motifs is 1. The van der Waals surface area contributed by atoms with E-state index < -0.39 is 0 Å². The molecule has 2 N–H and O–H groups in total. The average Bonchev–Trinajstić information content (AvgIpc) is 2.41. The standard InChI is InChI=1S/C14H15N3O2/c15-6-5-12(18)9-17-13-3-1-10(8-16)7-11(13)2-4-14(17)19/h1,3,7H,2,4-5,8-9,16H2. The van der Waals surface area contributed by atoms with Crippen LogP contribution in [0, 0.1) is 11.3 Å². The van der Waals surface area contributed by atoms with Crippen LogP contribution in [0.3, 0.4) is 0 Å². The van der Waals surface area contributed by atoms with E-state index in [1.165, 1.54) is 4.90 Å². The van der Waals surface area contributed by atoms with Crippen molar-refractivity contribution in [3.63, 3.8) is 0 Å². The van der Waals surface area contributed by atoms with E-state index in [-0.39, 0.29) is 24.7 Å². The van der Waals surface area contributed by atoms with Gasteiger partial charge in [0.15, 0.2) is 5.78 Å². The molecule has 0 unspecified atom stereocenters. The fraction of sp³-hybridized carbons (Fsp3) is 0.357. The molecule has 0 radical (unpaired) electrons. The summed E-state index contributed by atoms with van der Waals surface area (Å²) < 4.78 is 0. The van der Waals surface area contributed by atoms with Crippen molar-refractivity contribution in [3.8, 4) is 6.07 Å². The fourth-order valence-electron chi connectivity index (χ4n) is 2.23. The van der Waals surface area contributed by atoms with Gasteiger partial charge in [0.2, 0.25) is 5.91 Å². The molecule has 0 bridgehead atoms. The second-order valence-corrected chi connectivity index (χ2v) is 4.52. The molecule has 19 heavy (non-hydrogen) atoms. The third-order valence-corrected chi connectivity index (χ3v) is 3.19. The van der Waals surface area contributed by atoms with Gasteiger partial charge in [-0.25, -0.2) is 0 Å². The zero-order chi connectivity index (χ0) is 13.8. The molecule has 0 aromatic heterocycles. The van der Waals surface area contributed by atoms with E-state index in [0.29, 0.717) is 19.4 Å². The number of hydrogen-bond acceptors (Lipinski definition) is 4. The molecule has 0 fully saturated rings. The van der Waals surface area contributed by atoms with Crippen molar-refractivity contribution in [3.05, 3.63) is 29.3 Å². The number of benzene rings is 1. The van der Waals surface area contributed by atoms with Gasteiger partial charge in [-0.05, 0) is 23.6 Å². The lowest BCUT2D eigenvalue weighted by Gasteiger charge is -2.29. The Balaban J connectivity index is 2.28. The Morgan fingerprint density at radius 1 is 1.42 bits per heavy atom. The number of rotatable bonds is 4. The van der Waals surface area contributed by atoms with E-state index in [1.807, 2.05) is 24.3 Å². The van der Waals surface area contributed by atoms with E-state index in [4.69, 9.17) is 11.0 Å². The van der Waals surface area contributed by atoms with Crippen molar-refractivity contribution in [2.75, 3.05) is 11.4 Å². The van der Waals surface area contributed by atoms with Gasteiger partial charge in [0.1, 0.15) is 0 Å². The number of hydrogen-bond donors (Lipinski definition) is 1. The highest BCUT2D eigenvalue weighted by Crippen LogP contribution is 2.28. The zero-order valence-corrected chi connectivity index (χ0v) is 10.6. The van der Waals surface area contributed by atoms with E-state index in [1.54, 1.807) is 0 Å². The van der Waals surface area contributed by atoms with Gasteiger partial charge < -0.3 is 10.6 Å². The van der Waals surface area contributed by atoms with Crippen molar-refractivity contribution in [1.29, 1.82) is 5.26 Å². The Hall–Kier alpha value is -2.19. The Bertz CT molecular complexity index is 560. The molecule has 0 aliphatic carbocycles. The average molecular weight is 257 g/mol. The number of ketones is 1. The molecular formula is C14H15N3O2. The van der Waals surface area contributed by atoms with Crippen LogP contribution in [0.5, 0.6) is 0 Å². The second-order valence-electron chi connectivity index (χ2n) is 4.52.